The zero-order valence-corrected chi connectivity index (χ0v) is 15.0. The summed E-state index contributed by atoms with van der Waals surface area (Å²) in [6.45, 7) is 5.46. The van der Waals surface area contributed by atoms with Gasteiger partial charge in [0.15, 0.2) is 0 Å². The number of anilines is 1. The maximum Gasteiger partial charge on any atom is 0.107 e. The highest BCUT2D eigenvalue weighted by Crippen LogP contribution is 2.40. The van der Waals surface area contributed by atoms with Gasteiger partial charge in [0.05, 0.1) is 17.8 Å². The summed E-state index contributed by atoms with van der Waals surface area (Å²) < 4.78 is 6.92. The van der Waals surface area contributed by atoms with Crippen LogP contribution in [0.2, 0.25) is 0 Å². The summed E-state index contributed by atoms with van der Waals surface area (Å²) in [5.74, 6) is 0. The molecule has 2 heterocycles. The largest absolute Gasteiger partial charge is 0.372 e. The Morgan fingerprint density at radius 2 is 2.09 bits per heavy atom. The third-order valence-corrected chi connectivity index (χ3v) is 5.46. The van der Waals surface area contributed by atoms with E-state index in [2.05, 4.69) is 53.3 Å². The number of benzene rings is 1. The van der Waals surface area contributed by atoms with E-state index in [1.54, 1.807) is 11.3 Å². The van der Waals surface area contributed by atoms with Crippen molar-refractivity contribution < 1.29 is 4.74 Å². The molecule has 2 aromatic rings. The van der Waals surface area contributed by atoms with E-state index in [4.69, 9.17) is 4.74 Å². The van der Waals surface area contributed by atoms with Gasteiger partial charge in [0, 0.05) is 22.3 Å². The average molecular weight is 377 g/mol. The molecule has 5 heteroatoms. The van der Waals surface area contributed by atoms with Gasteiger partial charge in [-0.15, -0.1) is 11.3 Å². The number of fused-ring (bicyclic) bond motifs is 1. The summed E-state index contributed by atoms with van der Waals surface area (Å²) in [5, 5.41) is 13.9. The van der Waals surface area contributed by atoms with E-state index in [0.29, 0.717) is 13.2 Å². The van der Waals surface area contributed by atoms with Gasteiger partial charge in [0.25, 0.3) is 0 Å². The Morgan fingerprint density at radius 3 is 2.77 bits per heavy atom. The minimum Gasteiger partial charge on any atom is -0.372 e. The Bertz CT molecular complexity index is 728. The maximum absolute atomic E-state index is 9.54. The summed E-state index contributed by atoms with van der Waals surface area (Å²) >= 11 is 5.08. The number of ether oxygens (including phenoxy) is 1. The van der Waals surface area contributed by atoms with Gasteiger partial charge in [0.1, 0.15) is 11.1 Å². The van der Waals surface area contributed by atoms with Crippen LogP contribution in [0.25, 0.3) is 0 Å². The summed E-state index contributed by atoms with van der Waals surface area (Å²) in [5.41, 5.74) is 2.94. The molecule has 0 aliphatic carbocycles. The first-order chi connectivity index (χ1) is 10.5. The molecule has 0 amide bonds. The van der Waals surface area contributed by atoms with Crippen molar-refractivity contribution in [2.45, 2.75) is 39.0 Å². The SMILES string of the molecule is CC1(C)Cc2c(sc(NCc3ccc(Br)cc3)c2C#N)CO1. The molecule has 1 aliphatic rings. The van der Waals surface area contributed by atoms with Gasteiger partial charge in [-0.1, -0.05) is 28.1 Å². The number of nitriles is 1. The topological polar surface area (TPSA) is 45.0 Å². The fourth-order valence-corrected chi connectivity index (χ4v) is 3.92. The summed E-state index contributed by atoms with van der Waals surface area (Å²) in [4.78, 5) is 1.18. The predicted octanol–water partition coefficient (Wildman–Crippen LogP) is 4.85. The highest BCUT2D eigenvalue weighted by molar-refractivity contribution is 9.10. The van der Waals surface area contributed by atoms with E-state index in [1.165, 1.54) is 10.4 Å². The Morgan fingerprint density at radius 1 is 1.36 bits per heavy atom. The molecule has 1 aromatic carbocycles. The second-order valence-electron chi connectivity index (χ2n) is 6.02. The van der Waals surface area contributed by atoms with Crippen molar-refractivity contribution in [3.8, 4) is 6.07 Å². The highest BCUT2D eigenvalue weighted by Gasteiger charge is 2.31. The molecule has 0 atom stereocenters. The molecular weight excluding hydrogens is 360 g/mol. The van der Waals surface area contributed by atoms with Crippen LogP contribution < -0.4 is 5.32 Å². The second-order valence-corrected chi connectivity index (χ2v) is 8.05. The van der Waals surface area contributed by atoms with Crippen LogP contribution in [-0.4, -0.2) is 5.60 Å². The lowest BCUT2D eigenvalue weighted by atomic mass is 9.93. The molecule has 0 radical (unpaired) electrons. The molecule has 0 spiro atoms. The number of halogens is 1. The highest BCUT2D eigenvalue weighted by atomic mass is 79.9. The molecule has 114 valence electrons. The number of nitrogens with zero attached hydrogens (tertiary/aromatic N) is 1. The average Bonchev–Trinajstić information content (AvgIpc) is 2.82. The van der Waals surface area contributed by atoms with Gasteiger partial charge in [-0.2, -0.15) is 5.26 Å². The lowest BCUT2D eigenvalue weighted by Crippen LogP contribution is -2.31. The molecule has 1 N–H and O–H groups in total. The van der Waals surface area contributed by atoms with E-state index >= 15 is 0 Å². The molecule has 3 rings (SSSR count). The molecule has 1 aromatic heterocycles. The van der Waals surface area contributed by atoms with E-state index in [1.807, 2.05) is 12.1 Å². The maximum atomic E-state index is 9.54. The molecule has 0 saturated carbocycles. The van der Waals surface area contributed by atoms with Gasteiger partial charge < -0.3 is 10.1 Å². The van der Waals surface area contributed by atoms with Crippen LogP contribution in [0.15, 0.2) is 28.7 Å². The van der Waals surface area contributed by atoms with Crippen LogP contribution in [0.4, 0.5) is 5.00 Å². The van der Waals surface area contributed by atoms with Crippen LogP contribution in [0.1, 0.15) is 35.4 Å². The van der Waals surface area contributed by atoms with Crippen LogP contribution in [0, 0.1) is 11.3 Å². The predicted molar refractivity (Wildman–Crippen MR) is 93.1 cm³/mol. The normalized spacial score (nSPS) is 15.9. The first-order valence-electron chi connectivity index (χ1n) is 7.15. The quantitative estimate of drug-likeness (QED) is 0.832. The zero-order chi connectivity index (χ0) is 15.7. The molecule has 1 aliphatic heterocycles. The monoisotopic (exact) mass is 376 g/mol. The van der Waals surface area contributed by atoms with E-state index in [-0.39, 0.29) is 5.60 Å². The number of hydrogen-bond donors (Lipinski definition) is 1. The number of rotatable bonds is 3. The fraction of sp³-hybridized carbons (Fsp3) is 0.353. The van der Waals surface area contributed by atoms with Crippen LogP contribution in [0.5, 0.6) is 0 Å². The van der Waals surface area contributed by atoms with Crippen molar-refractivity contribution in [1.82, 2.24) is 0 Å². The Hall–Kier alpha value is -1.35. The third kappa shape index (κ3) is 3.19. The van der Waals surface area contributed by atoms with Gasteiger partial charge in [-0.05, 0) is 37.1 Å². The number of nitrogens with one attached hydrogen (secondary N) is 1. The lowest BCUT2D eigenvalue weighted by molar-refractivity contribution is -0.0383. The van der Waals surface area contributed by atoms with Crippen LogP contribution >= 0.6 is 27.3 Å². The van der Waals surface area contributed by atoms with Crippen molar-refractivity contribution in [2.75, 3.05) is 5.32 Å². The number of thiophene rings is 1. The van der Waals surface area contributed by atoms with Gasteiger partial charge in [-0.25, -0.2) is 0 Å². The minimum atomic E-state index is -0.192. The third-order valence-electron chi connectivity index (χ3n) is 3.77. The first kappa shape index (κ1) is 15.5. The second kappa shape index (κ2) is 6.04. The molecule has 0 saturated heterocycles. The van der Waals surface area contributed by atoms with Gasteiger partial charge in [-0.3, -0.25) is 0 Å². The van der Waals surface area contributed by atoms with Crippen LogP contribution in [0.3, 0.4) is 0 Å². The Balaban J connectivity index is 1.81. The zero-order valence-electron chi connectivity index (χ0n) is 12.6. The van der Waals surface area contributed by atoms with Gasteiger partial charge in [0.2, 0.25) is 0 Å². The van der Waals surface area contributed by atoms with Crippen molar-refractivity contribution >= 4 is 32.3 Å². The van der Waals surface area contributed by atoms with Crippen molar-refractivity contribution in [1.29, 1.82) is 5.26 Å². The van der Waals surface area contributed by atoms with E-state index in [0.717, 1.165) is 27.0 Å². The van der Waals surface area contributed by atoms with E-state index < -0.39 is 0 Å². The first-order valence-corrected chi connectivity index (χ1v) is 8.76. The van der Waals surface area contributed by atoms with Crippen molar-refractivity contribution in [3.63, 3.8) is 0 Å². The molecule has 0 bridgehead atoms. The summed E-state index contributed by atoms with van der Waals surface area (Å²) in [7, 11) is 0. The van der Waals surface area contributed by atoms with Gasteiger partial charge >= 0.3 is 0 Å². The van der Waals surface area contributed by atoms with Crippen molar-refractivity contribution in [2.24, 2.45) is 0 Å². The molecular formula is C17H17BrN2OS. The molecule has 0 fully saturated rings. The Labute approximate surface area is 143 Å². The molecule has 22 heavy (non-hydrogen) atoms. The molecule has 0 unspecified atom stereocenters. The number of hydrogen-bond acceptors (Lipinski definition) is 4. The minimum absolute atomic E-state index is 0.192. The summed E-state index contributed by atoms with van der Waals surface area (Å²) in [6.07, 6.45) is 0.793. The smallest absolute Gasteiger partial charge is 0.107 e. The van der Waals surface area contributed by atoms with Crippen LogP contribution in [-0.2, 0) is 24.3 Å². The Kier molecular flexibility index (Phi) is 4.26. The molecule has 3 nitrogen and oxygen atoms in total. The van der Waals surface area contributed by atoms with E-state index in [9.17, 15) is 5.26 Å². The summed E-state index contributed by atoms with van der Waals surface area (Å²) in [6, 6.07) is 10.6. The fourth-order valence-electron chi connectivity index (χ4n) is 2.58. The standard InChI is InChI=1S/C17H17BrN2OS/c1-17(2)7-13-14(8-19)16(22-15(13)10-21-17)20-9-11-3-5-12(18)6-4-11/h3-6,20H,7,9-10H2,1-2H3. The lowest BCUT2D eigenvalue weighted by Gasteiger charge is -2.29. The van der Waals surface area contributed by atoms with Crippen molar-refractivity contribution in [3.05, 3.63) is 50.3 Å².